The highest BCUT2D eigenvalue weighted by atomic mass is 16.1. The summed E-state index contributed by atoms with van der Waals surface area (Å²) in [5, 5.41) is 9.53. The highest BCUT2D eigenvalue weighted by Gasteiger charge is 2.14. The van der Waals surface area contributed by atoms with Crippen molar-refractivity contribution in [2.75, 3.05) is 48.3 Å². The Morgan fingerprint density at radius 1 is 1.04 bits per heavy atom. The molecule has 0 bridgehead atoms. The van der Waals surface area contributed by atoms with E-state index in [9.17, 15) is 4.79 Å². The first-order valence-electron chi connectivity index (χ1n) is 9.09. The van der Waals surface area contributed by atoms with Gasteiger partial charge in [0.05, 0.1) is 29.0 Å². The molecular weight excluding hydrogens is 340 g/mol. The van der Waals surface area contributed by atoms with E-state index in [-0.39, 0.29) is 12.5 Å². The number of hydrogen-bond donors (Lipinski definition) is 3. The number of carbonyl (C=O) groups is 1. The maximum Gasteiger partial charge on any atom is 0.243 e. The largest absolute Gasteiger partial charge is 0.374 e. The predicted octanol–water partition coefficient (Wildman–Crippen LogP) is 2.09. The number of amides is 1. The van der Waals surface area contributed by atoms with Crippen molar-refractivity contribution in [3.05, 3.63) is 54.9 Å². The lowest BCUT2D eigenvalue weighted by Crippen LogP contribution is -2.43. The van der Waals surface area contributed by atoms with Crippen LogP contribution in [-0.4, -0.2) is 48.6 Å². The number of carbonyl (C=O) groups excluding carboxylic acids is 1. The average Bonchev–Trinajstić information content (AvgIpc) is 2.73. The second-order valence-corrected chi connectivity index (χ2v) is 6.42. The van der Waals surface area contributed by atoms with E-state index in [0.717, 1.165) is 48.6 Å². The number of piperazine rings is 1. The predicted molar refractivity (Wildman–Crippen MR) is 108 cm³/mol. The summed E-state index contributed by atoms with van der Waals surface area (Å²) in [5.74, 6) is -0.103. The van der Waals surface area contributed by atoms with Crippen molar-refractivity contribution in [1.82, 2.24) is 15.3 Å². The number of hydrogen-bond acceptors (Lipinski definition) is 6. The van der Waals surface area contributed by atoms with Gasteiger partial charge >= 0.3 is 0 Å². The number of anilines is 3. The second-order valence-electron chi connectivity index (χ2n) is 6.42. The number of aromatic nitrogens is 2. The van der Waals surface area contributed by atoms with Crippen molar-refractivity contribution in [3.63, 3.8) is 0 Å². The van der Waals surface area contributed by atoms with Crippen LogP contribution in [-0.2, 0) is 4.79 Å². The molecule has 3 N–H and O–H groups in total. The fourth-order valence-electron chi connectivity index (χ4n) is 3.23. The molecule has 7 heteroatoms. The molecule has 4 rings (SSSR count). The number of fused-ring (bicyclic) bond motifs is 1. The van der Waals surface area contributed by atoms with E-state index in [1.807, 2.05) is 36.4 Å². The van der Waals surface area contributed by atoms with Crippen molar-refractivity contribution in [1.29, 1.82) is 0 Å². The molecule has 1 saturated heterocycles. The standard InChI is InChI=1S/C20H22N6O/c27-20(25-15-5-6-16-18(13-15)23-8-7-22-16)14-24-17-3-1-2-4-19(17)26-11-9-21-10-12-26/h1-8,13,21,24H,9-12,14H2,(H,25,27). The molecule has 2 aromatic carbocycles. The topological polar surface area (TPSA) is 82.2 Å². The minimum absolute atomic E-state index is 0.103. The highest BCUT2D eigenvalue weighted by molar-refractivity contribution is 5.95. The average molecular weight is 362 g/mol. The third kappa shape index (κ3) is 4.15. The molecule has 27 heavy (non-hydrogen) atoms. The Labute approximate surface area is 157 Å². The molecule has 1 aliphatic rings. The third-order valence-electron chi connectivity index (χ3n) is 4.55. The fourth-order valence-corrected chi connectivity index (χ4v) is 3.23. The van der Waals surface area contributed by atoms with Crippen LogP contribution in [0.4, 0.5) is 17.1 Å². The quantitative estimate of drug-likeness (QED) is 0.645. The smallest absolute Gasteiger partial charge is 0.243 e. The van der Waals surface area contributed by atoms with E-state index in [1.54, 1.807) is 12.4 Å². The van der Waals surface area contributed by atoms with E-state index in [0.29, 0.717) is 5.69 Å². The number of nitrogens with zero attached hydrogens (tertiary/aromatic N) is 3. The number of benzene rings is 2. The Morgan fingerprint density at radius 2 is 1.81 bits per heavy atom. The van der Waals surface area contributed by atoms with Crippen LogP contribution in [0.2, 0.25) is 0 Å². The molecule has 1 aromatic heterocycles. The van der Waals surface area contributed by atoms with Crippen LogP contribution in [0.25, 0.3) is 11.0 Å². The van der Waals surface area contributed by atoms with Crippen molar-refractivity contribution < 1.29 is 4.79 Å². The van der Waals surface area contributed by atoms with Crippen molar-refractivity contribution >= 4 is 34.0 Å². The number of nitrogens with one attached hydrogen (secondary N) is 3. The molecule has 0 radical (unpaired) electrons. The van der Waals surface area contributed by atoms with Crippen LogP contribution < -0.4 is 20.9 Å². The molecule has 1 aliphatic heterocycles. The molecule has 0 saturated carbocycles. The minimum Gasteiger partial charge on any atom is -0.374 e. The van der Waals surface area contributed by atoms with E-state index < -0.39 is 0 Å². The maximum absolute atomic E-state index is 12.4. The second kappa shape index (κ2) is 8.01. The summed E-state index contributed by atoms with van der Waals surface area (Å²) < 4.78 is 0. The molecule has 0 unspecified atom stereocenters. The van der Waals surface area contributed by atoms with Crippen LogP contribution in [0.3, 0.4) is 0 Å². The summed E-state index contributed by atoms with van der Waals surface area (Å²) in [6, 6.07) is 13.6. The zero-order valence-corrected chi connectivity index (χ0v) is 15.0. The van der Waals surface area contributed by atoms with Crippen LogP contribution in [0, 0.1) is 0 Å². The molecule has 1 amide bonds. The Balaban J connectivity index is 1.40. The number of para-hydroxylation sites is 2. The Kier molecular flexibility index (Phi) is 5.11. The van der Waals surface area contributed by atoms with Crippen molar-refractivity contribution in [3.8, 4) is 0 Å². The zero-order chi connectivity index (χ0) is 18.5. The third-order valence-corrected chi connectivity index (χ3v) is 4.55. The van der Waals surface area contributed by atoms with E-state index in [1.165, 1.54) is 0 Å². The van der Waals surface area contributed by atoms with Crippen LogP contribution in [0.5, 0.6) is 0 Å². The summed E-state index contributed by atoms with van der Waals surface area (Å²) in [5.41, 5.74) is 4.38. The normalized spacial score (nSPS) is 14.1. The van der Waals surface area contributed by atoms with Gasteiger partial charge in [-0.1, -0.05) is 12.1 Å². The Bertz CT molecular complexity index is 938. The van der Waals surface area contributed by atoms with Gasteiger partial charge in [0.25, 0.3) is 0 Å². The summed E-state index contributed by atoms with van der Waals surface area (Å²) in [6.07, 6.45) is 3.29. The highest BCUT2D eigenvalue weighted by Crippen LogP contribution is 2.25. The Hall–Kier alpha value is -3.19. The van der Waals surface area contributed by atoms with E-state index in [4.69, 9.17) is 0 Å². The lowest BCUT2D eigenvalue weighted by Gasteiger charge is -2.31. The summed E-state index contributed by atoms with van der Waals surface area (Å²) in [4.78, 5) is 23.2. The van der Waals surface area contributed by atoms with Gasteiger partial charge in [0.1, 0.15) is 0 Å². The number of rotatable bonds is 5. The lowest BCUT2D eigenvalue weighted by molar-refractivity contribution is -0.114. The molecule has 3 aromatic rings. The van der Waals surface area contributed by atoms with Gasteiger partial charge in [0.2, 0.25) is 5.91 Å². The molecule has 0 spiro atoms. The zero-order valence-electron chi connectivity index (χ0n) is 15.0. The molecule has 0 atom stereocenters. The van der Waals surface area contributed by atoms with Gasteiger partial charge in [-0.2, -0.15) is 0 Å². The van der Waals surface area contributed by atoms with Gasteiger partial charge in [-0.25, -0.2) is 0 Å². The van der Waals surface area contributed by atoms with Crippen molar-refractivity contribution in [2.24, 2.45) is 0 Å². The summed E-state index contributed by atoms with van der Waals surface area (Å²) >= 11 is 0. The van der Waals surface area contributed by atoms with Gasteiger partial charge in [-0.15, -0.1) is 0 Å². The van der Waals surface area contributed by atoms with Gasteiger partial charge in [0, 0.05) is 44.3 Å². The monoisotopic (exact) mass is 362 g/mol. The first-order valence-corrected chi connectivity index (χ1v) is 9.09. The minimum atomic E-state index is -0.103. The SMILES string of the molecule is O=C(CNc1ccccc1N1CCNCC1)Nc1ccc2nccnc2c1. The molecule has 1 fully saturated rings. The molecule has 2 heterocycles. The lowest BCUT2D eigenvalue weighted by atomic mass is 10.2. The van der Waals surface area contributed by atoms with E-state index in [2.05, 4.69) is 36.9 Å². The van der Waals surface area contributed by atoms with Gasteiger partial charge < -0.3 is 20.9 Å². The van der Waals surface area contributed by atoms with E-state index >= 15 is 0 Å². The first-order chi connectivity index (χ1) is 13.3. The van der Waals surface area contributed by atoms with Gasteiger partial charge in [-0.05, 0) is 30.3 Å². The Morgan fingerprint density at radius 3 is 2.67 bits per heavy atom. The van der Waals surface area contributed by atoms with Crippen LogP contribution in [0.15, 0.2) is 54.9 Å². The maximum atomic E-state index is 12.4. The van der Waals surface area contributed by atoms with Crippen LogP contribution >= 0.6 is 0 Å². The molecule has 138 valence electrons. The summed E-state index contributed by atoms with van der Waals surface area (Å²) in [7, 11) is 0. The summed E-state index contributed by atoms with van der Waals surface area (Å²) in [6.45, 7) is 4.06. The molecular formula is C20H22N6O. The molecule has 7 nitrogen and oxygen atoms in total. The fraction of sp³-hybridized carbons (Fsp3) is 0.250. The first kappa shape index (κ1) is 17.2. The molecule has 0 aliphatic carbocycles. The van der Waals surface area contributed by atoms with Crippen LogP contribution in [0.1, 0.15) is 0 Å². The van der Waals surface area contributed by atoms with Gasteiger partial charge in [-0.3, -0.25) is 14.8 Å². The van der Waals surface area contributed by atoms with Crippen molar-refractivity contribution in [2.45, 2.75) is 0 Å². The van der Waals surface area contributed by atoms with Gasteiger partial charge in [0.15, 0.2) is 0 Å².